The number of allylic oxidation sites excluding steroid dienone is 1. The number of ether oxygens (including phenoxy) is 2. The van der Waals surface area contributed by atoms with Gasteiger partial charge >= 0.3 is 6.09 Å². The van der Waals surface area contributed by atoms with Crippen molar-refractivity contribution < 1.29 is 46.6 Å². The third-order valence-corrected chi connectivity index (χ3v) is 12.9. The molecule has 3 fully saturated rings. The number of amides is 4. The summed E-state index contributed by atoms with van der Waals surface area (Å²) in [4.78, 5) is 60.1. The number of sulfonamides is 1. The number of hydrogen-bond donors (Lipinski definition) is 4. The lowest BCUT2D eigenvalue weighted by Gasteiger charge is -2.32. The Hall–Kier alpha value is -4.47. The fourth-order valence-electron chi connectivity index (χ4n) is 7.52. The molecule has 14 nitrogen and oxygen atoms in total. The predicted molar refractivity (Wildman–Crippen MR) is 188 cm³/mol. The van der Waals surface area contributed by atoms with E-state index in [1.807, 2.05) is 26.0 Å². The summed E-state index contributed by atoms with van der Waals surface area (Å²) in [6, 6.07) is 4.83. The van der Waals surface area contributed by atoms with E-state index in [1.165, 1.54) is 4.90 Å². The first-order chi connectivity index (χ1) is 24.7. The van der Waals surface area contributed by atoms with Gasteiger partial charge in [-0.1, -0.05) is 26.0 Å². The summed E-state index contributed by atoms with van der Waals surface area (Å²) >= 11 is 0. The minimum Gasteiger partial charge on any atom is -0.494 e. The zero-order valence-electron chi connectivity index (χ0n) is 29.5. The average Bonchev–Trinajstić information content (AvgIpc) is 4.00. The molecule has 0 bridgehead atoms. The number of aromatic nitrogens is 1. The maximum atomic E-state index is 14.3. The van der Waals surface area contributed by atoms with Crippen molar-refractivity contribution in [2.45, 2.75) is 94.2 Å². The first kappa shape index (κ1) is 37.3. The van der Waals surface area contributed by atoms with Crippen LogP contribution in [0.5, 0.6) is 11.6 Å². The number of hydrogen-bond acceptors (Lipinski definition) is 9. The number of pyridine rings is 1. The second-order valence-electron chi connectivity index (χ2n) is 14.7. The maximum Gasteiger partial charge on any atom is 0.405 e. The molecule has 0 unspecified atom stereocenters. The minimum atomic E-state index is -4.38. The zero-order chi connectivity index (χ0) is 37.4. The molecule has 282 valence electrons. The quantitative estimate of drug-likeness (QED) is 0.277. The van der Waals surface area contributed by atoms with Crippen molar-refractivity contribution >= 4 is 44.6 Å². The van der Waals surface area contributed by atoms with Crippen LogP contribution >= 0.6 is 0 Å². The molecule has 1 aromatic heterocycles. The fourth-order valence-corrected chi connectivity index (χ4v) is 8.95. The van der Waals surface area contributed by atoms with Gasteiger partial charge in [-0.3, -0.25) is 19.1 Å². The molecule has 0 spiro atoms. The second kappa shape index (κ2) is 14.5. The summed E-state index contributed by atoms with van der Waals surface area (Å²) in [5, 5.41) is 16.4. The maximum absolute atomic E-state index is 14.3. The van der Waals surface area contributed by atoms with Crippen LogP contribution in [-0.2, 0) is 24.4 Å². The molecule has 0 radical (unpaired) electrons. The molecule has 4 aliphatic rings. The number of alkyl halides is 1. The smallest absolute Gasteiger partial charge is 0.405 e. The van der Waals surface area contributed by atoms with Gasteiger partial charge in [0.1, 0.15) is 40.9 Å². The molecule has 1 saturated heterocycles. The van der Waals surface area contributed by atoms with E-state index < -0.39 is 80.8 Å². The first-order valence-electron chi connectivity index (χ1n) is 17.8. The summed E-state index contributed by atoms with van der Waals surface area (Å²) in [5.74, 6) is -2.29. The van der Waals surface area contributed by atoms with Crippen molar-refractivity contribution in [1.29, 1.82) is 0 Å². The van der Waals surface area contributed by atoms with Gasteiger partial charge in [-0.25, -0.2) is 22.6 Å². The summed E-state index contributed by atoms with van der Waals surface area (Å²) < 4.78 is 52.3. The third-order valence-electron chi connectivity index (χ3n) is 10.8. The molecule has 7 atom stereocenters. The summed E-state index contributed by atoms with van der Waals surface area (Å²) in [6.07, 6.45) is 5.13. The van der Waals surface area contributed by atoms with E-state index >= 15 is 0 Å². The van der Waals surface area contributed by atoms with Gasteiger partial charge in [0.2, 0.25) is 27.7 Å². The lowest BCUT2D eigenvalue weighted by atomic mass is 9.88. The van der Waals surface area contributed by atoms with Crippen LogP contribution < -0.4 is 24.8 Å². The van der Waals surface area contributed by atoms with Crippen molar-refractivity contribution in [2.75, 3.05) is 19.8 Å². The van der Waals surface area contributed by atoms with Crippen LogP contribution in [0.1, 0.15) is 65.7 Å². The number of fused-ring (bicyclic) bond motifs is 3. The molecule has 2 aromatic rings. The number of halogens is 1. The Morgan fingerprint density at radius 3 is 2.63 bits per heavy atom. The summed E-state index contributed by atoms with van der Waals surface area (Å²) in [5.41, 5.74) is -1.66. The normalized spacial score (nSPS) is 30.2. The van der Waals surface area contributed by atoms with Crippen LogP contribution in [0.4, 0.5) is 9.18 Å². The lowest BCUT2D eigenvalue weighted by molar-refractivity contribution is -0.142. The van der Waals surface area contributed by atoms with E-state index in [0.29, 0.717) is 37.0 Å². The summed E-state index contributed by atoms with van der Waals surface area (Å²) in [7, 11) is -4.38. The molecule has 2 aliphatic heterocycles. The van der Waals surface area contributed by atoms with Gasteiger partial charge in [-0.15, -0.1) is 0 Å². The molecule has 4 amide bonds. The fraction of sp³-hybridized carbons (Fsp3) is 0.583. The molecule has 4 N–H and O–H groups in total. The van der Waals surface area contributed by atoms with E-state index in [-0.39, 0.29) is 44.0 Å². The number of nitrogens with one attached hydrogen (secondary N) is 3. The van der Waals surface area contributed by atoms with Crippen molar-refractivity contribution in [3.05, 3.63) is 42.6 Å². The SMILES string of the molecule is CCOc1ccc2c(O[C@@H]3C[C@H]4C(=O)N[C@]5(C(=O)NS(=O)(=O)C6(CF)CC6)C[C@H]5C=CCC[C@@H](C)C[C@@H](C)[C@H](NC(=O)O)C(=O)N4C3)nccc2c1. The van der Waals surface area contributed by atoms with Crippen LogP contribution in [0.3, 0.4) is 0 Å². The number of benzene rings is 1. The van der Waals surface area contributed by atoms with Crippen molar-refractivity contribution in [1.82, 2.24) is 25.2 Å². The van der Waals surface area contributed by atoms with Crippen molar-refractivity contribution in [3.63, 3.8) is 0 Å². The Kier molecular flexibility index (Phi) is 10.4. The molecule has 52 heavy (non-hydrogen) atoms. The van der Waals surface area contributed by atoms with Gasteiger partial charge in [-0.2, -0.15) is 0 Å². The van der Waals surface area contributed by atoms with E-state index in [9.17, 15) is 37.1 Å². The monoisotopic (exact) mass is 743 g/mol. The van der Waals surface area contributed by atoms with E-state index in [4.69, 9.17) is 9.47 Å². The van der Waals surface area contributed by atoms with E-state index in [1.54, 1.807) is 37.4 Å². The standard InChI is InChI=1S/C36H46FN5O9S/c1-4-50-25-9-10-27-23(16-25)11-14-38-31(27)51-26-17-28-30(43)40-36(33(45)41-52(48,49)35(20-37)12-13-35)18-24(36)8-6-5-7-21(2)15-22(3)29(39-34(46)47)32(44)42(28)19-26/h6,8-11,14,16,21-22,24,26,28-29,39H,4-5,7,12-13,15,17-20H2,1-3H3,(H,40,43)(H,41,45)(H,46,47)/t21-,22-,24-,26-,28+,29+,36-/m1/s1. The van der Waals surface area contributed by atoms with Crippen molar-refractivity contribution in [3.8, 4) is 11.6 Å². The van der Waals surface area contributed by atoms with Crippen LogP contribution in [0.2, 0.25) is 0 Å². The lowest BCUT2D eigenvalue weighted by Crippen LogP contribution is -2.59. The number of rotatable bonds is 9. The largest absolute Gasteiger partial charge is 0.494 e. The Labute approximate surface area is 301 Å². The molecular formula is C36H46FN5O9S. The van der Waals surface area contributed by atoms with Gasteiger partial charge in [0.05, 0.1) is 13.2 Å². The van der Waals surface area contributed by atoms with Gasteiger partial charge < -0.3 is 30.1 Å². The van der Waals surface area contributed by atoms with Crippen LogP contribution in [-0.4, -0.2) is 95.5 Å². The highest BCUT2D eigenvalue weighted by Crippen LogP contribution is 2.48. The predicted octanol–water partition coefficient (Wildman–Crippen LogP) is 3.45. The topological polar surface area (TPSA) is 193 Å². The van der Waals surface area contributed by atoms with E-state index in [0.717, 1.165) is 5.39 Å². The number of nitrogens with zero attached hydrogens (tertiary/aromatic N) is 2. The molecule has 2 saturated carbocycles. The van der Waals surface area contributed by atoms with E-state index in [2.05, 4.69) is 20.3 Å². The van der Waals surface area contributed by atoms with Crippen LogP contribution in [0.15, 0.2) is 42.6 Å². The van der Waals surface area contributed by atoms with Crippen molar-refractivity contribution in [2.24, 2.45) is 17.8 Å². The minimum absolute atomic E-state index is 0.0291. The second-order valence-corrected chi connectivity index (χ2v) is 16.8. The molecule has 1 aromatic carbocycles. The Morgan fingerprint density at radius 1 is 1.17 bits per heavy atom. The van der Waals surface area contributed by atoms with Crippen LogP contribution in [0.25, 0.3) is 10.8 Å². The van der Waals surface area contributed by atoms with Crippen LogP contribution in [0, 0.1) is 17.8 Å². The molecular weight excluding hydrogens is 697 g/mol. The Bertz CT molecular complexity index is 1870. The first-order valence-corrected chi connectivity index (χ1v) is 19.3. The zero-order valence-corrected chi connectivity index (χ0v) is 30.3. The Balaban J connectivity index is 1.33. The molecule has 2 aliphatic carbocycles. The number of carbonyl (C=O) groups excluding carboxylic acids is 3. The van der Waals surface area contributed by atoms with Gasteiger partial charge in [-0.05, 0) is 86.9 Å². The number of carboxylic acid groups (broad SMARTS) is 1. The highest BCUT2D eigenvalue weighted by atomic mass is 32.2. The third kappa shape index (κ3) is 7.39. The average molecular weight is 744 g/mol. The summed E-state index contributed by atoms with van der Waals surface area (Å²) in [6.45, 7) is 4.92. The molecule has 6 rings (SSSR count). The molecule has 16 heteroatoms. The van der Waals surface area contributed by atoms with Gasteiger partial charge in [0.15, 0.2) is 0 Å². The van der Waals surface area contributed by atoms with Gasteiger partial charge in [0, 0.05) is 23.9 Å². The highest BCUT2D eigenvalue weighted by molar-refractivity contribution is 7.91. The Morgan fingerprint density at radius 2 is 1.94 bits per heavy atom. The van der Waals surface area contributed by atoms with Gasteiger partial charge in [0.25, 0.3) is 5.91 Å². The number of carbonyl (C=O) groups is 4. The molecule has 3 heterocycles. The highest BCUT2D eigenvalue weighted by Gasteiger charge is 2.64.